The topological polar surface area (TPSA) is 50.9 Å². The number of nitrogens with two attached hydrogens (primary N) is 1. The van der Waals surface area contributed by atoms with E-state index in [9.17, 15) is 0 Å². The molecule has 106 valence electrons. The molecule has 1 saturated heterocycles. The molecule has 2 aromatic rings. The first-order chi connectivity index (χ1) is 9.57. The largest absolute Gasteiger partial charge is 0.398 e. The van der Waals surface area contributed by atoms with Crippen molar-refractivity contribution in [1.82, 2.24) is 4.98 Å². The highest BCUT2D eigenvalue weighted by molar-refractivity contribution is 9.10. The van der Waals surface area contributed by atoms with Gasteiger partial charge in [-0.15, -0.1) is 0 Å². The van der Waals surface area contributed by atoms with Crippen LogP contribution in [-0.4, -0.2) is 22.0 Å². The SMILES string of the molecule is CC1(CNc2ccc(N)c3cc(Br)cnc23)CCCS1. The third kappa shape index (κ3) is 2.74. The van der Waals surface area contributed by atoms with Gasteiger partial charge in [-0.1, -0.05) is 0 Å². The monoisotopic (exact) mass is 351 g/mol. The quantitative estimate of drug-likeness (QED) is 0.810. The molecule has 0 bridgehead atoms. The molecule has 1 fully saturated rings. The summed E-state index contributed by atoms with van der Waals surface area (Å²) in [5, 5.41) is 4.56. The predicted molar refractivity (Wildman–Crippen MR) is 92.4 cm³/mol. The summed E-state index contributed by atoms with van der Waals surface area (Å²) in [6.45, 7) is 3.30. The van der Waals surface area contributed by atoms with Crippen molar-refractivity contribution in [1.29, 1.82) is 0 Å². The number of nitrogens with one attached hydrogen (secondary N) is 1. The van der Waals surface area contributed by atoms with Crippen LogP contribution in [-0.2, 0) is 0 Å². The molecule has 5 heteroatoms. The molecule has 20 heavy (non-hydrogen) atoms. The van der Waals surface area contributed by atoms with Crippen molar-refractivity contribution in [2.24, 2.45) is 0 Å². The maximum Gasteiger partial charge on any atom is 0.0954 e. The van der Waals surface area contributed by atoms with Gasteiger partial charge in [-0.25, -0.2) is 0 Å². The highest BCUT2D eigenvalue weighted by Gasteiger charge is 2.29. The van der Waals surface area contributed by atoms with Gasteiger partial charge in [0.25, 0.3) is 0 Å². The second-order valence-corrected chi connectivity index (χ2v) is 8.11. The van der Waals surface area contributed by atoms with E-state index in [1.165, 1.54) is 18.6 Å². The maximum absolute atomic E-state index is 6.05. The maximum atomic E-state index is 6.05. The second kappa shape index (κ2) is 5.45. The van der Waals surface area contributed by atoms with Crippen LogP contribution >= 0.6 is 27.7 Å². The van der Waals surface area contributed by atoms with Crippen LogP contribution in [0.3, 0.4) is 0 Å². The highest BCUT2D eigenvalue weighted by atomic mass is 79.9. The summed E-state index contributed by atoms with van der Waals surface area (Å²) in [7, 11) is 0. The van der Waals surface area contributed by atoms with Crippen LogP contribution in [0.15, 0.2) is 28.9 Å². The van der Waals surface area contributed by atoms with Gasteiger partial charge in [0, 0.05) is 33.0 Å². The number of benzene rings is 1. The van der Waals surface area contributed by atoms with Gasteiger partial charge in [-0.05, 0) is 59.6 Å². The molecular weight excluding hydrogens is 334 g/mol. The minimum atomic E-state index is 0.336. The number of hydrogen-bond acceptors (Lipinski definition) is 4. The molecule has 0 spiro atoms. The van der Waals surface area contributed by atoms with Crippen LogP contribution < -0.4 is 11.1 Å². The van der Waals surface area contributed by atoms with Gasteiger partial charge >= 0.3 is 0 Å². The Morgan fingerprint density at radius 1 is 1.50 bits per heavy atom. The molecule has 1 aromatic heterocycles. The molecule has 2 heterocycles. The molecule has 0 amide bonds. The van der Waals surface area contributed by atoms with Crippen LogP contribution in [0.4, 0.5) is 11.4 Å². The van der Waals surface area contributed by atoms with Crippen molar-refractivity contribution in [2.45, 2.75) is 24.5 Å². The molecule has 1 aromatic carbocycles. The van der Waals surface area contributed by atoms with E-state index in [-0.39, 0.29) is 0 Å². The molecule has 1 unspecified atom stereocenters. The standard InChI is InChI=1S/C15H18BrN3S/c1-15(5-2-6-20-15)9-19-13-4-3-12(17)11-7-10(16)8-18-14(11)13/h3-4,7-8,19H,2,5-6,9,17H2,1H3. The number of halogens is 1. The van der Waals surface area contributed by atoms with Gasteiger partial charge in [0.2, 0.25) is 0 Å². The summed E-state index contributed by atoms with van der Waals surface area (Å²) >= 11 is 5.51. The van der Waals surface area contributed by atoms with Gasteiger partial charge in [0.05, 0.1) is 11.2 Å². The Labute approximate surface area is 131 Å². The number of thioether (sulfide) groups is 1. The number of hydrogen-bond donors (Lipinski definition) is 2. The number of nitrogen functional groups attached to an aromatic ring is 1. The summed E-state index contributed by atoms with van der Waals surface area (Å²) < 4.78 is 1.29. The van der Waals surface area contributed by atoms with Gasteiger partial charge in [-0.3, -0.25) is 4.98 Å². The van der Waals surface area contributed by atoms with Crippen molar-refractivity contribution in [2.75, 3.05) is 23.3 Å². The van der Waals surface area contributed by atoms with E-state index in [1.807, 2.05) is 24.4 Å². The summed E-state index contributed by atoms with van der Waals surface area (Å²) in [6, 6.07) is 6.00. The summed E-state index contributed by atoms with van der Waals surface area (Å²) in [6.07, 6.45) is 4.41. The summed E-state index contributed by atoms with van der Waals surface area (Å²) in [5.74, 6) is 1.27. The Hall–Kier alpha value is -0.940. The third-order valence-corrected chi connectivity index (χ3v) is 5.78. The smallest absolute Gasteiger partial charge is 0.0954 e. The lowest BCUT2D eigenvalue weighted by atomic mass is 10.1. The highest BCUT2D eigenvalue weighted by Crippen LogP contribution is 2.38. The number of pyridine rings is 1. The number of fused-ring (bicyclic) bond motifs is 1. The zero-order chi connectivity index (χ0) is 14.2. The second-order valence-electron chi connectivity index (χ2n) is 5.51. The van der Waals surface area contributed by atoms with E-state index in [4.69, 9.17) is 5.73 Å². The van der Waals surface area contributed by atoms with E-state index in [1.54, 1.807) is 0 Å². The van der Waals surface area contributed by atoms with E-state index in [2.05, 4.69) is 44.9 Å². The van der Waals surface area contributed by atoms with Crippen molar-refractivity contribution in [3.8, 4) is 0 Å². The molecule has 0 saturated carbocycles. The fourth-order valence-electron chi connectivity index (χ4n) is 2.62. The zero-order valence-electron chi connectivity index (χ0n) is 11.4. The Bertz CT molecular complexity index is 638. The average molecular weight is 352 g/mol. The fourth-order valence-corrected chi connectivity index (χ4v) is 4.19. The fraction of sp³-hybridized carbons (Fsp3) is 0.400. The van der Waals surface area contributed by atoms with Gasteiger partial charge in [0.1, 0.15) is 0 Å². The summed E-state index contributed by atoms with van der Waals surface area (Å²) in [5.41, 5.74) is 8.82. The predicted octanol–water partition coefficient (Wildman–Crippen LogP) is 4.28. The van der Waals surface area contributed by atoms with Crippen LogP contribution in [0.1, 0.15) is 19.8 Å². The van der Waals surface area contributed by atoms with E-state index in [0.29, 0.717) is 4.75 Å². The number of rotatable bonds is 3. The first kappa shape index (κ1) is 14.0. The molecule has 3 nitrogen and oxygen atoms in total. The van der Waals surface area contributed by atoms with E-state index >= 15 is 0 Å². The molecular formula is C15H18BrN3S. The first-order valence-corrected chi connectivity index (χ1v) is 8.57. The molecule has 1 aliphatic rings. The van der Waals surface area contributed by atoms with Crippen molar-refractivity contribution < 1.29 is 0 Å². The van der Waals surface area contributed by atoms with Crippen molar-refractivity contribution in [3.05, 3.63) is 28.9 Å². The lowest BCUT2D eigenvalue weighted by Crippen LogP contribution is -2.27. The van der Waals surface area contributed by atoms with E-state index in [0.717, 1.165) is 33.3 Å². The zero-order valence-corrected chi connectivity index (χ0v) is 13.9. The molecule has 0 aliphatic carbocycles. The lowest BCUT2D eigenvalue weighted by Gasteiger charge is -2.24. The Balaban J connectivity index is 1.90. The molecule has 0 radical (unpaired) electrons. The van der Waals surface area contributed by atoms with Gasteiger partial charge < -0.3 is 11.1 Å². The minimum absolute atomic E-state index is 0.336. The number of nitrogens with zero attached hydrogens (tertiary/aromatic N) is 1. The minimum Gasteiger partial charge on any atom is -0.398 e. The number of aromatic nitrogens is 1. The Kier molecular flexibility index (Phi) is 3.82. The van der Waals surface area contributed by atoms with Gasteiger partial charge in [0.15, 0.2) is 0 Å². The Morgan fingerprint density at radius 2 is 2.35 bits per heavy atom. The molecule has 3 N–H and O–H groups in total. The normalized spacial score (nSPS) is 22.3. The van der Waals surface area contributed by atoms with Gasteiger partial charge in [-0.2, -0.15) is 11.8 Å². The molecule has 1 atom stereocenters. The van der Waals surface area contributed by atoms with Crippen LogP contribution in [0, 0.1) is 0 Å². The van der Waals surface area contributed by atoms with Crippen LogP contribution in [0.2, 0.25) is 0 Å². The molecule has 1 aliphatic heterocycles. The lowest BCUT2D eigenvalue weighted by molar-refractivity contribution is 0.635. The third-order valence-electron chi connectivity index (χ3n) is 3.80. The van der Waals surface area contributed by atoms with E-state index < -0.39 is 0 Å². The number of anilines is 2. The average Bonchev–Trinajstić information content (AvgIpc) is 2.86. The van der Waals surface area contributed by atoms with Crippen molar-refractivity contribution >= 4 is 50.0 Å². The van der Waals surface area contributed by atoms with Crippen molar-refractivity contribution in [3.63, 3.8) is 0 Å². The summed E-state index contributed by atoms with van der Waals surface area (Å²) in [4.78, 5) is 4.51. The van der Waals surface area contributed by atoms with Crippen LogP contribution in [0.25, 0.3) is 10.9 Å². The molecule has 3 rings (SSSR count). The first-order valence-electron chi connectivity index (χ1n) is 6.79. The van der Waals surface area contributed by atoms with Crippen LogP contribution in [0.5, 0.6) is 0 Å². The Morgan fingerprint density at radius 3 is 3.10 bits per heavy atom.